The Kier molecular flexibility index (Phi) is 4.93. The van der Waals surface area contributed by atoms with Crippen LogP contribution in [0.25, 0.3) is 16.8 Å². The van der Waals surface area contributed by atoms with Crippen LogP contribution in [0.4, 0.5) is 19.0 Å². The Morgan fingerprint density at radius 1 is 1.32 bits per heavy atom. The number of anilines is 1. The minimum Gasteiger partial charge on any atom is -0.376 e. The second-order valence-electron chi connectivity index (χ2n) is 6.74. The molecule has 2 aromatic heterocycles. The number of hydrogen-bond donors (Lipinski definition) is 1. The van der Waals surface area contributed by atoms with Gasteiger partial charge in [0.15, 0.2) is 11.3 Å². The molecule has 0 bridgehead atoms. The summed E-state index contributed by atoms with van der Waals surface area (Å²) >= 11 is 6.20. The number of alkyl halides is 3. The summed E-state index contributed by atoms with van der Waals surface area (Å²) in [4.78, 5) is 4.34. The molecule has 0 spiro atoms. The Balaban J connectivity index is 1.88. The van der Waals surface area contributed by atoms with Crippen molar-refractivity contribution in [3.05, 3.63) is 46.7 Å². The lowest BCUT2D eigenvalue weighted by atomic mass is 10.1. The lowest BCUT2D eigenvalue weighted by molar-refractivity contribution is -0.140. The van der Waals surface area contributed by atoms with Crippen LogP contribution >= 0.6 is 11.6 Å². The van der Waals surface area contributed by atoms with Gasteiger partial charge in [0, 0.05) is 35.5 Å². The number of aromatic nitrogens is 3. The van der Waals surface area contributed by atoms with E-state index in [1.54, 1.807) is 31.2 Å². The predicted molar refractivity (Wildman–Crippen MR) is 101 cm³/mol. The van der Waals surface area contributed by atoms with Gasteiger partial charge in [-0.1, -0.05) is 29.8 Å². The first-order valence-corrected chi connectivity index (χ1v) is 9.30. The quantitative estimate of drug-likeness (QED) is 0.660. The molecule has 1 N–H and O–H groups in total. The summed E-state index contributed by atoms with van der Waals surface area (Å²) in [5.74, 6) is 0.432. The summed E-state index contributed by atoms with van der Waals surface area (Å²) in [6.45, 7) is 2.92. The Morgan fingerprint density at radius 2 is 2.11 bits per heavy atom. The molecule has 1 fully saturated rings. The van der Waals surface area contributed by atoms with Gasteiger partial charge in [-0.3, -0.25) is 0 Å². The van der Waals surface area contributed by atoms with Gasteiger partial charge in [0.05, 0.1) is 11.7 Å². The molecule has 0 radical (unpaired) electrons. The topological polar surface area (TPSA) is 51.5 Å². The fraction of sp³-hybridized carbons (Fsp3) is 0.368. The monoisotopic (exact) mass is 410 g/mol. The molecule has 148 valence electrons. The summed E-state index contributed by atoms with van der Waals surface area (Å²) < 4.78 is 48.1. The van der Waals surface area contributed by atoms with Crippen molar-refractivity contribution in [2.75, 3.05) is 18.5 Å². The van der Waals surface area contributed by atoms with Crippen molar-refractivity contribution in [2.24, 2.45) is 0 Å². The highest BCUT2D eigenvalue weighted by Gasteiger charge is 2.39. The van der Waals surface area contributed by atoms with Crippen LogP contribution < -0.4 is 5.32 Å². The van der Waals surface area contributed by atoms with Gasteiger partial charge in [0.1, 0.15) is 5.82 Å². The molecule has 28 heavy (non-hydrogen) atoms. The van der Waals surface area contributed by atoms with Crippen LogP contribution in [-0.2, 0) is 10.9 Å². The van der Waals surface area contributed by atoms with Crippen molar-refractivity contribution in [1.82, 2.24) is 14.6 Å². The maximum absolute atomic E-state index is 13.8. The summed E-state index contributed by atoms with van der Waals surface area (Å²) in [5.41, 5.74) is -0.213. The van der Waals surface area contributed by atoms with Crippen molar-refractivity contribution in [2.45, 2.75) is 32.0 Å². The molecule has 1 saturated heterocycles. The standard InChI is InChI=1S/C19H18ClF3N4O/c1-11-9-15(24-10-12-5-4-8-28-12)27-18(25-11)16(17(26-27)19(21,22)23)13-6-2-3-7-14(13)20/h2-3,6-7,9,12,24H,4-5,8,10H2,1H3/t12-/m1/s1. The Bertz CT molecular complexity index is 1010. The zero-order valence-electron chi connectivity index (χ0n) is 15.1. The van der Waals surface area contributed by atoms with Crippen LogP contribution in [0.2, 0.25) is 5.02 Å². The maximum Gasteiger partial charge on any atom is 0.435 e. The van der Waals surface area contributed by atoms with Crippen molar-refractivity contribution in [3.63, 3.8) is 0 Å². The molecule has 0 amide bonds. The lowest BCUT2D eigenvalue weighted by Gasteiger charge is -2.13. The lowest BCUT2D eigenvalue weighted by Crippen LogP contribution is -2.20. The second kappa shape index (κ2) is 7.25. The van der Waals surface area contributed by atoms with Gasteiger partial charge >= 0.3 is 6.18 Å². The van der Waals surface area contributed by atoms with E-state index in [9.17, 15) is 13.2 Å². The molecule has 1 aliphatic heterocycles. The third-order valence-electron chi connectivity index (χ3n) is 4.66. The average molecular weight is 411 g/mol. The number of benzene rings is 1. The summed E-state index contributed by atoms with van der Waals surface area (Å²) in [6, 6.07) is 8.06. The number of fused-ring (bicyclic) bond motifs is 1. The van der Waals surface area contributed by atoms with E-state index in [0.717, 1.165) is 12.8 Å². The van der Waals surface area contributed by atoms with E-state index in [-0.39, 0.29) is 27.9 Å². The number of rotatable bonds is 4. The molecule has 5 nitrogen and oxygen atoms in total. The molecule has 3 aromatic rings. The van der Waals surface area contributed by atoms with Crippen LogP contribution in [0.1, 0.15) is 24.2 Å². The van der Waals surface area contributed by atoms with Gasteiger partial charge in [0.25, 0.3) is 0 Å². The summed E-state index contributed by atoms with van der Waals surface area (Å²) in [7, 11) is 0. The minimum atomic E-state index is -4.65. The van der Waals surface area contributed by atoms with E-state index in [1.807, 2.05) is 0 Å². The maximum atomic E-state index is 13.8. The van der Waals surface area contributed by atoms with Crippen LogP contribution in [0.5, 0.6) is 0 Å². The Labute approximate surface area is 164 Å². The molecular weight excluding hydrogens is 393 g/mol. The molecule has 0 saturated carbocycles. The fourth-order valence-electron chi connectivity index (χ4n) is 3.40. The van der Waals surface area contributed by atoms with Crippen LogP contribution in [0.15, 0.2) is 30.3 Å². The number of aryl methyl sites for hydroxylation is 1. The second-order valence-corrected chi connectivity index (χ2v) is 7.14. The molecule has 1 aromatic carbocycles. The first-order valence-electron chi connectivity index (χ1n) is 8.92. The first-order chi connectivity index (χ1) is 13.3. The molecule has 9 heteroatoms. The van der Waals surface area contributed by atoms with Crippen molar-refractivity contribution in [3.8, 4) is 11.1 Å². The van der Waals surface area contributed by atoms with Gasteiger partial charge < -0.3 is 10.1 Å². The Hall–Kier alpha value is -2.32. The molecule has 1 aliphatic rings. The molecule has 4 rings (SSSR count). The molecule has 3 heterocycles. The fourth-order valence-corrected chi connectivity index (χ4v) is 3.63. The SMILES string of the molecule is Cc1cc(NC[C@H]2CCCO2)n2nc(C(F)(F)F)c(-c3ccccc3Cl)c2n1. The largest absolute Gasteiger partial charge is 0.435 e. The highest BCUT2D eigenvalue weighted by Crippen LogP contribution is 2.41. The molecule has 0 aliphatic carbocycles. The first kappa shape index (κ1) is 19.0. The van der Waals surface area contributed by atoms with E-state index < -0.39 is 11.9 Å². The van der Waals surface area contributed by atoms with Gasteiger partial charge in [-0.25, -0.2) is 4.98 Å². The third kappa shape index (κ3) is 3.54. The van der Waals surface area contributed by atoms with Crippen LogP contribution in [-0.4, -0.2) is 33.9 Å². The van der Waals surface area contributed by atoms with Crippen molar-refractivity contribution in [1.29, 1.82) is 0 Å². The van der Waals surface area contributed by atoms with Gasteiger partial charge in [-0.15, -0.1) is 0 Å². The Morgan fingerprint density at radius 3 is 2.79 bits per heavy atom. The summed E-state index contributed by atoms with van der Waals surface area (Å²) in [6.07, 6.45) is -2.72. The average Bonchev–Trinajstić information content (AvgIpc) is 3.27. The third-order valence-corrected chi connectivity index (χ3v) is 4.99. The number of nitrogens with one attached hydrogen (secondary N) is 1. The highest BCUT2D eigenvalue weighted by molar-refractivity contribution is 6.33. The predicted octanol–water partition coefficient (Wildman–Crippen LogP) is 4.97. The van der Waals surface area contributed by atoms with E-state index in [0.29, 0.717) is 24.7 Å². The summed E-state index contributed by atoms with van der Waals surface area (Å²) in [5, 5.41) is 7.23. The zero-order chi connectivity index (χ0) is 19.9. The van der Waals surface area contributed by atoms with Crippen LogP contribution in [0, 0.1) is 6.92 Å². The van der Waals surface area contributed by atoms with E-state index in [4.69, 9.17) is 16.3 Å². The number of halogens is 4. The van der Waals surface area contributed by atoms with Crippen LogP contribution in [0.3, 0.4) is 0 Å². The van der Waals surface area contributed by atoms with Crippen molar-refractivity contribution < 1.29 is 17.9 Å². The van der Waals surface area contributed by atoms with Gasteiger partial charge in [-0.05, 0) is 25.8 Å². The van der Waals surface area contributed by atoms with E-state index >= 15 is 0 Å². The van der Waals surface area contributed by atoms with Gasteiger partial charge in [0.2, 0.25) is 0 Å². The van der Waals surface area contributed by atoms with E-state index in [1.165, 1.54) is 10.6 Å². The molecular formula is C19H18ClF3N4O. The minimum absolute atomic E-state index is 0.0317. The smallest absolute Gasteiger partial charge is 0.376 e. The van der Waals surface area contributed by atoms with Gasteiger partial charge in [-0.2, -0.15) is 22.8 Å². The van der Waals surface area contributed by atoms with Crippen molar-refractivity contribution >= 4 is 23.1 Å². The van der Waals surface area contributed by atoms with E-state index in [2.05, 4.69) is 15.4 Å². The highest BCUT2D eigenvalue weighted by atomic mass is 35.5. The molecule has 1 atom stereocenters. The zero-order valence-corrected chi connectivity index (χ0v) is 15.8. The number of nitrogens with zero attached hydrogens (tertiary/aromatic N) is 3. The normalized spacial score (nSPS) is 17.4. The molecule has 0 unspecified atom stereocenters. The number of hydrogen-bond acceptors (Lipinski definition) is 4. The number of ether oxygens (including phenoxy) is 1.